The molecule has 2 heterocycles. The maximum absolute atomic E-state index is 13.0. The largest absolute Gasteiger partial charge is 0.496 e. The Labute approximate surface area is 208 Å². The number of piperidine rings is 1. The van der Waals surface area contributed by atoms with Crippen molar-refractivity contribution in [2.24, 2.45) is 5.92 Å². The second-order valence-electron chi connectivity index (χ2n) is 9.18. The zero-order valence-corrected chi connectivity index (χ0v) is 21.1. The highest BCUT2D eigenvalue weighted by atomic mass is 32.2. The van der Waals surface area contributed by atoms with E-state index in [0.29, 0.717) is 32.5 Å². The standard InChI is InChI=1S/C27H35N3O4S/c1-34-26-12-6-5-11-24(26)25(29-16-7-8-17-29)21-28-27(31)23-13-18-30(19-14-23)35(32,33)20-15-22-9-3-2-4-10-22/h2-6,9-12,15,20,23,25H,7-8,13-14,16-19,21H2,1H3,(H,28,31)/b20-15+. The van der Waals surface area contributed by atoms with Gasteiger partial charge in [0.1, 0.15) is 5.75 Å². The van der Waals surface area contributed by atoms with E-state index in [-0.39, 0.29) is 17.9 Å². The number of ether oxygens (including phenoxy) is 1. The van der Waals surface area contributed by atoms with Crippen LogP contribution < -0.4 is 10.1 Å². The van der Waals surface area contributed by atoms with Crippen LogP contribution in [0.25, 0.3) is 6.08 Å². The molecule has 0 aromatic heterocycles. The van der Waals surface area contributed by atoms with E-state index in [1.165, 1.54) is 9.71 Å². The van der Waals surface area contributed by atoms with Crippen LogP contribution in [-0.4, -0.2) is 63.4 Å². The number of carbonyl (C=O) groups excluding carboxylic acids is 1. The lowest BCUT2D eigenvalue weighted by atomic mass is 9.96. The Morgan fingerprint density at radius 2 is 1.69 bits per heavy atom. The first-order chi connectivity index (χ1) is 17.0. The molecule has 1 N–H and O–H groups in total. The van der Waals surface area contributed by atoms with Crippen molar-refractivity contribution in [2.75, 3.05) is 39.8 Å². The van der Waals surface area contributed by atoms with E-state index in [4.69, 9.17) is 4.74 Å². The van der Waals surface area contributed by atoms with Crippen LogP contribution in [0.1, 0.15) is 42.9 Å². The van der Waals surface area contributed by atoms with Crippen molar-refractivity contribution >= 4 is 22.0 Å². The van der Waals surface area contributed by atoms with Crippen LogP contribution in [-0.2, 0) is 14.8 Å². The van der Waals surface area contributed by atoms with Crippen molar-refractivity contribution in [2.45, 2.75) is 31.7 Å². The Bertz CT molecular complexity index is 1110. The first-order valence-electron chi connectivity index (χ1n) is 12.4. The number of carbonyl (C=O) groups is 1. The predicted molar refractivity (Wildman–Crippen MR) is 138 cm³/mol. The number of benzene rings is 2. The molecule has 1 atom stereocenters. The van der Waals surface area contributed by atoms with Crippen molar-refractivity contribution in [1.29, 1.82) is 0 Å². The minimum Gasteiger partial charge on any atom is -0.496 e. The fourth-order valence-corrected chi connectivity index (χ4v) is 6.18. The molecule has 188 valence electrons. The van der Waals surface area contributed by atoms with E-state index in [9.17, 15) is 13.2 Å². The molecule has 0 saturated carbocycles. The van der Waals surface area contributed by atoms with Gasteiger partial charge in [0.2, 0.25) is 15.9 Å². The molecule has 4 rings (SSSR count). The lowest BCUT2D eigenvalue weighted by Crippen LogP contribution is -2.44. The average molecular weight is 498 g/mol. The molecule has 0 spiro atoms. The number of rotatable bonds is 9. The maximum atomic E-state index is 13.0. The second kappa shape index (κ2) is 11.8. The zero-order valence-electron chi connectivity index (χ0n) is 20.3. The van der Waals surface area contributed by atoms with Crippen LogP contribution in [0.4, 0.5) is 0 Å². The molecule has 2 aliphatic rings. The zero-order chi connectivity index (χ0) is 24.7. The van der Waals surface area contributed by atoms with Gasteiger partial charge >= 0.3 is 0 Å². The van der Waals surface area contributed by atoms with Crippen LogP contribution in [0, 0.1) is 5.92 Å². The van der Waals surface area contributed by atoms with Gasteiger partial charge in [-0.15, -0.1) is 0 Å². The van der Waals surface area contributed by atoms with Gasteiger partial charge in [0.05, 0.1) is 13.2 Å². The van der Waals surface area contributed by atoms with Gasteiger partial charge in [-0.05, 0) is 56.5 Å². The number of sulfonamides is 1. The van der Waals surface area contributed by atoms with Gasteiger partial charge in [0.25, 0.3) is 0 Å². The highest BCUT2D eigenvalue weighted by molar-refractivity contribution is 7.92. The highest BCUT2D eigenvalue weighted by Crippen LogP contribution is 2.31. The summed E-state index contributed by atoms with van der Waals surface area (Å²) in [6.45, 7) is 3.22. The minimum atomic E-state index is -3.51. The molecule has 2 aromatic rings. The van der Waals surface area contributed by atoms with Crippen LogP contribution in [0.5, 0.6) is 5.75 Å². The van der Waals surface area contributed by atoms with Crippen molar-refractivity contribution in [3.05, 3.63) is 71.1 Å². The molecular weight excluding hydrogens is 462 g/mol. The predicted octanol–water partition coefficient (Wildman–Crippen LogP) is 3.66. The number of methoxy groups -OCH3 is 1. The summed E-state index contributed by atoms with van der Waals surface area (Å²) in [4.78, 5) is 15.4. The topological polar surface area (TPSA) is 79.0 Å². The van der Waals surface area contributed by atoms with Gasteiger partial charge in [-0.1, -0.05) is 48.5 Å². The summed E-state index contributed by atoms with van der Waals surface area (Å²) >= 11 is 0. The van der Waals surface area contributed by atoms with Gasteiger partial charge in [0.15, 0.2) is 0 Å². The average Bonchev–Trinajstić information content (AvgIpc) is 3.43. The quantitative estimate of drug-likeness (QED) is 0.572. The number of nitrogens with one attached hydrogen (secondary N) is 1. The van der Waals surface area contributed by atoms with Crippen molar-refractivity contribution < 1.29 is 17.9 Å². The minimum absolute atomic E-state index is 0.000899. The van der Waals surface area contributed by atoms with Crippen LogP contribution in [0.2, 0.25) is 0 Å². The highest BCUT2D eigenvalue weighted by Gasteiger charge is 2.31. The van der Waals surface area contributed by atoms with Gasteiger partial charge in [-0.2, -0.15) is 4.31 Å². The smallest absolute Gasteiger partial charge is 0.236 e. The van der Waals surface area contributed by atoms with Crippen LogP contribution in [0.15, 0.2) is 60.0 Å². The van der Waals surface area contributed by atoms with E-state index in [1.807, 2.05) is 48.5 Å². The summed E-state index contributed by atoms with van der Waals surface area (Å²) in [5.74, 6) is 0.651. The number of amides is 1. The SMILES string of the molecule is COc1ccccc1C(CNC(=O)C1CCN(S(=O)(=O)/C=C/c2ccccc2)CC1)N1CCCC1. The van der Waals surface area contributed by atoms with Gasteiger partial charge in [-0.25, -0.2) is 8.42 Å². The normalized spacial score (nSPS) is 19.1. The summed E-state index contributed by atoms with van der Waals surface area (Å²) in [6.07, 6.45) is 4.97. The number of hydrogen-bond donors (Lipinski definition) is 1. The van der Waals surface area contributed by atoms with Crippen molar-refractivity contribution in [3.63, 3.8) is 0 Å². The molecule has 1 amide bonds. The molecular formula is C27H35N3O4S. The number of nitrogens with zero attached hydrogens (tertiary/aromatic N) is 2. The molecule has 0 radical (unpaired) electrons. The van der Waals surface area contributed by atoms with Crippen LogP contribution >= 0.6 is 0 Å². The molecule has 2 aromatic carbocycles. The van der Waals surface area contributed by atoms with Gasteiger partial charge in [-0.3, -0.25) is 9.69 Å². The molecule has 0 bridgehead atoms. The van der Waals surface area contributed by atoms with Gasteiger partial charge < -0.3 is 10.1 Å². The summed E-state index contributed by atoms with van der Waals surface area (Å²) in [5, 5.41) is 4.42. The monoisotopic (exact) mass is 497 g/mol. The van der Waals surface area contributed by atoms with E-state index in [0.717, 1.165) is 42.8 Å². The fraction of sp³-hybridized carbons (Fsp3) is 0.444. The summed E-state index contributed by atoms with van der Waals surface area (Å²) < 4.78 is 32.5. The van der Waals surface area contributed by atoms with Crippen molar-refractivity contribution in [1.82, 2.24) is 14.5 Å². The third kappa shape index (κ3) is 6.51. The van der Waals surface area contributed by atoms with E-state index in [1.54, 1.807) is 13.2 Å². The molecule has 2 aliphatic heterocycles. The van der Waals surface area contributed by atoms with Gasteiger partial charge in [0, 0.05) is 36.5 Å². The fourth-order valence-electron chi connectivity index (χ4n) is 4.96. The lowest BCUT2D eigenvalue weighted by Gasteiger charge is -2.32. The first-order valence-corrected chi connectivity index (χ1v) is 13.9. The molecule has 35 heavy (non-hydrogen) atoms. The number of hydrogen-bond acceptors (Lipinski definition) is 5. The summed E-state index contributed by atoms with van der Waals surface area (Å²) in [6, 6.07) is 17.4. The number of para-hydroxylation sites is 1. The molecule has 8 heteroatoms. The summed E-state index contributed by atoms with van der Waals surface area (Å²) in [7, 11) is -1.83. The summed E-state index contributed by atoms with van der Waals surface area (Å²) in [5.41, 5.74) is 1.93. The maximum Gasteiger partial charge on any atom is 0.236 e. The lowest BCUT2D eigenvalue weighted by molar-refractivity contribution is -0.126. The molecule has 1 unspecified atom stereocenters. The Morgan fingerprint density at radius 1 is 1.03 bits per heavy atom. The third-order valence-electron chi connectivity index (χ3n) is 6.97. The van der Waals surface area contributed by atoms with Crippen molar-refractivity contribution in [3.8, 4) is 5.75 Å². The van der Waals surface area contributed by atoms with E-state index < -0.39 is 10.0 Å². The Kier molecular flexibility index (Phi) is 8.59. The molecule has 2 fully saturated rings. The van der Waals surface area contributed by atoms with E-state index >= 15 is 0 Å². The van der Waals surface area contributed by atoms with Crippen LogP contribution in [0.3, 0.4) is 0 Å². The third-order valence-corrected chi connectivity index (χ3v) is 8.53. The molecule has 2 saturated heterocycles. The Morgan fingerprint density at radius 3 is 2.37 bits per heavy atom. The molecule has 7 nitrogen and oxygen atoms in total. The molecule has 0 aliphatic carbocycles. The first kappa shape index (κ1) is 25.4. The van der Waals surface area contributed by atoms with E-state index in [2.05, 4.69) is 16.3 Å². The second-order valence-corrected chi connectivity index (χ2v) is 11.0. The Hall–Kier alpha value is -2.68. The Balaban J connectivity index is 1.33. The number of likely N-dealkylation sites (tertiary alicyclic amines) is 1.